The lowest BCUT2D eigenvalue weighted by Crippen LogP contribution is -2.29. The van der Waals surface area contributed by atoms with Crippen molar-refractivity contribution in [3.8, 4) is 6.07 Å². The number of aromatic amines is 1. The van der Waals surface area contributed by atoms with Crippen molar-refractivity contribution in [3.05, 3.63) is 47.0 Å². The third-order valence-corrected chi connectivity index (χ3v) is 5.76. The molecule has 3 rings (SSSR count). The van der Waals surface area contributed by atoms with E-state index >= 15 is 0 Å². The fourth-order valence-electron chi connectivity index (χ4n) is 2.99. The van der Waals surface area contributed by atoms with Gasteiger partial charge in [0.15, 0.2) is 0 Å². The molecule has 0 saturated carbocycles. The van der Waals surface area contributed by atoms with Crippen LogP contribution in [0.5, 0.6) is 0 Å². The summed E-state index contributed by atoms with van der Waals surface area (Å²) in [5, 5.41) is 8.71. The molecule has 0 amide bonds. The van der Waals surface area contributed by atoms with Gasteiger partial charge < -0.3 is 4.98 Å². The van der Waals surface area contributed by atoms with Crippen LogP contribution in [0, 0.1) is 23.1 Å². The molecule has 1 aromatic carbocycles. The fourth-order valence-corrected chi connectivity index (χ4v) is 4.31. The Bertz CT molecular complexity index is 991. The summed E-state index contributed by atoms with van der Waals surface area (Å²) in [6.45, 7) is 4.00. The first-order valence-corrected chi connectivity index (χ1v) is 10.1. The van der Waals surface area contributed by atoms with E-state index in [-0.39, 0.29) is 46.7 Å². The predicted octanol–water partition coefficient (Wildman–Crippen LogP) is 4.52. The van der Waals surface area contributed by atoms with Crippen LogP contribution in [0.1, 0.15) is 37.1 Å². The van der Waals surface area contributed by atoms with E-state index < -0.39 is 27.9 Å². The van der Waals surface area contributed by atoms with Gasteiger partial charge in [-0.15, -0.1) is 0 Å². The van der Waals surface area contributed by atoms with Gasteiger partial charge in [-0.3, -0.25) is 4.72 Å². The molecular formula is C18H19F4N3O2S. The summed E-state index contributed by atoms with van der Waals surface area (Å²) in [4.78, 5) is 2.40. The topological polar surface area (TPSA) is 85.8 Å². The van der Waals surface area contributed by atoms with E-state index in [1.54, 1.807) is 6.07 Å². The molecule has 2 N–H and O–H groups in total. The first-order chi connectivity index (χ1) is 13.1. The summed E-state index contributed by atoms with van der Waals surface area (Å²) in [5.41, 5.74) is 0.192. The molecule has 10 heteroatoms. The molecule has 0 radical (unpaired) electrons. The molecule has 1 aliphatic carbocycles. The maximum absolute atomic E-state index is 13.9. The van der Waals surface area contributed by atoms with Gasteiger partial charge in [0.1, 0.15) is 10.7 Å². The van der Waals surface area contributed by atoms with Gasteiger partial charge in [0.05, 0.1) is 23.2 Å². The molecule has 1 unspecified atom stereocenters. The second-order valence-electron chi connectivity index (χ2n) is 6.00. The van der Waals surface area contributed by atoms with Crippen LogP contribution in [0.3, 0.4) is 0 Å². The highest BCUT2D eigenvalue weighted by molar-refractivity contribution is 7.92. The Hall–Kier alpha value is -2.54. The summed E-state index contributed by atoms with van der Waals surface area (Å²) in [6.07, 6.45) is -3.80. The Kier molecular flexibility index (Phi) is 6.39. The highest BCUT2D eigenvalue weighted by Gasteiger charge is 2.42. The molecule has 152 valence electrons. The van der Waals surface area contributed by atoms with E-state index in [4.69, 9.17) is 5.26 Å². The zero-order chi connectivity index (χ0) is 21.1. The third kappa shape index (κ3) is 4.47. The predicted molar refractivity (Wildman–Crippen MR) is 95.6 cm³/mol. The van der Waals surface area contributed by atoms with Crippen molar-refractivity contribution < 1.29 is 26.0 Å². The van der Waals surface area contributed by atoms with Crippen molar-refractivity contribution in [3.63, 3.8) is 0 Å². The largest absolute Gasteiger partial charge is 0.392 e. The van der Waals surface area contributed by atoms with Crippen LogP contribution in [0.4, 0.5) is 23.2 Å². The molecule has 1 aromatic heterocycles. The van der Waals surface area contributed by atoms with Crippen molar-refractivity contribution in [2.75, 3.05) is 4.72 Å². The van der Waals surface area contributed by atoms with Crippen LogP contribution in [-0.2, 0) is 22.9 Å². The van der Waals surface area contributed by atoms with Gasteiger partial charge in [-0.2, -0.15) is 18.4 Å². The lowest BCUT2D eigenvalue weighted by Gasteiger charge is -2.25. The maximum Gasteiger partial charge on any atom is 0.392 e. The number of nitrogens with zero attached hydrogens (tertiary/aromatic N) is 1. The number of fused-ring (bicyclic) bond motifs is 1. The van der Waals surface area contributed by atoms with E-state index in [0.29, 0.717) is 0 Å². The van der Waals surface area contributed by atoms with E-state index in [0.717, 1.165) is 18.3 Å². The van der Waals surface area contributed by atoms with Gasteiger partial charge in [0.25, 0.3) is 10.0 Å². The first-order valence-electron chi connectivity index (χ1n) is 8.60. The quantitative estimate of drug-likeness (QED) is 0.720. The van der Waals surface area contributed by atoms with Crippen LogP contribution in [0.2, 0.25) is 0 Å². The molecule has 2 aromatic rings. The Morgan fingerprint density at radius 3 is 2.54 bits per heavy atom. The Balaban J connectivity index is 0.00000136. The van der Waals surface area contributed by atoms with Gasteiger partial charge in [0, 0.05) is 11.9 Å². The molecular weight excluding hydrogens is 398 g/mol. The smallest absolute Gasteiger partial charge is 0.363 e. The standard InChI is InChI=1S/C16H13F4N3O2S.C2H6/c17-12-5-9(7-21)1-4-13(12)23-26(24,25)15-8-22-14-6-10(16(18,19)20)2-3-11(14)15;1-2/h1,4-5,8,10,22-23H,2-3,6H2;1-2H3. The van der Waals surface area contributed by atoms with Crippen LogP contribution in [-0.4, -0.2) is 19.6 Å². The number of rotatable bonds is 3. The SMILES string of the molecule is CC.N#Cc1ccc(NS(=O)(=O)c2c[nH]c3c2CCC(C(F)(F)F)C3)c(F)c1. The van der Waals surface area contributed by atoms with E-state index in [9.17, 15) is 26.0 Å². The van der Waals surface area contributed by atoms with Crippen LogP contribution in [0.15, 0.2) is 29.3 Å². The van der Waals surface area contributed by atoms with Crippen molar-refractivity contribution in [1.29, 1.82) is 5.26 Å². The number of aromatic nitrogens is 1. The molecule has 5 nitrogen and oxygen atoms in total. The van der Waals surface area contributed by atoms with Crippen molar-refractivity contribution >= 4 is 15.7 Å². The number of H-pyrrole nitrogens is 1. The molecule has 28 heavy (non-hydrogen) atoms. The van der Waals surface area contributed by atoms with Gasteiger partial charge >= 0.3 is 6.18 Å². The van der Waals surface area contributed by atoms with Crippen molar-refractivity contribution in [2.45, 2.75) is 44.2 Å². The highest BCUT2D eigenvalue weighted by atomic mass is 32.2. The average Bonchev–Trinajstić information content (AvgIpc) is 3.08. The Morgan fingerprint density at radius 2 is 1.96 bits per heavy atom. The summed E-state index contributed by atoms with van der Waals surface area (Å²) in [5.74, 6) is -2.44. The Labute approximate surface area is 160 Å². The first kappa shape index (κ1) is 21.8. The van der Waals surface area contributed by atoms with Crippen LogP contribution < -0.4 is 4.72 Å². The van der Waals surface area contributed by atoms with Crippen molar-refractivity contribution in [1.82, 2.24) is 4.98 Å². The monoisotopic (exact) mass is 417 g/mol. The number of benzene rings is 1. The summed E-state index contributed by atoms with van der Waals surface area (Å²) in [6, 6.07) is 4.98. The van der Waals surface area contributed by atoms with E-state index in [1.807, 2.05) is 13.8 Å². The lowest BCUT2D eigenvalue weighted by molar-refractivity contribution is -0.177. The highest BCUT2D eigenvalue weighted by Crippen LogP contribution is 2.38. The number of nitriles is 1. The Morgan fingerprint density at radius 1 is 1.29 bits per heavy atom. The van der Waals surface area contributed by atoms with Gasteiger partial charge in [-0.25, -0.2) is 12.8 Å². The van der Waals surface area contributed by atoms with E-state index in [1.165, 1.54) is 6.07 Å². The minimum Gasteiger partial charge on any atom is -0.363 e. The lowest BCUT2D eigenvalue weighted by atomic mass is 9.87. The molecule has 1 aliphatic rings. The minimum atomic E-state index is -4.34. The van der Waals surface area contributed by atoms with E-state index in [2.05, 4.69) is 9.71 Å². The van der Waals surface area contributed by atoms with Gasteiger partial charge in [-0.05, 0) is 43.0 Å². The zero-order valence-corrected chi connectivity index (χ0v) is 16.0. The molecule has 1 heterocycles. The average molecular weight is 417 g/mol. The molecule has 0 bridgehead atoms. The second-order valence-corrected chi connectivity index (χ2v) is 7.65. The van der Waals surface area contributed by atoms with Crippen molar-refractivity contribution in [2.24, 2.45) is 5.92 Å². The minimum absolute atomic E-state index is 0.0302. The number of sulfonamides is 1. The number of halogens is 4. The maximum atomic E-state index is 13.9. The number of nitrogens with one attached hydrogen (secondary N) is 2. The molecule has 0 aliphatic heterocycles. The third-order valence-electron chi connectivity index (χ3n) is 4.33. The molecule has 0 saturated heterocycles. The fraction of sp³-hybridized carbons (Fsp3) is 0.389. The number of hydrogen-bond donors (Lipinski definition) is 2. The van der Waals surface area contributed by atoms with Crippen LogP contribution in [0.25, 0.3) is 0 Å². The van der Waals surface area contributed by atoms with Gasteiger partial charge in [0.2, 0.25) is 0 Å². The summed E-state index contributed by atoms with van der Waals surface area (Å²) < 4.78 is 79.6. The van der Waals surface area contributed by atoms with Crippen LogP contribution >= 0.6 is 0 Å². The second kappa shape index (κ2) is 8.22. The molecule has 0 fully saturated rings. The number of anilines is 1. The normalized spacial score (nSPS) is 16.4. The molecule has 1 atom stereocenters. The number of hydrogen-bond acceptors (Lipinski definition) is 3. The molecule has 0 spiro atoms. The summed E-state index contributed by atoms with van der Waals surface area (Å²) >= 11 is 0. The zero-order valence-electron chi connectivity index (χ0n) is 15.2. The van der Waals surface area contributed by atoms with Gasteiger partial charge in [-0.1, -0.05) is 13.8 Å². The summed E-state index contributed by atoms with van der Waals surface area (Å²) in [7, 11) is -4.19. The number of alkyl halides is 3.